The Morgan fingerprint density at radius 1 is 1.50 bits per heavy atom. The lowest BCUT2D eigenvalue weighted by atomic mass is 9.93. The number of nitrogens with zero attached hydrogens (tertiary/aromatic N) is 1. The molecule has 3 nitrogen and oxygen atoms in total. The number of hydrogen-bond acceptors (Lipinski definition) is 4. The largest absolute Gasteiger partial charge is 0.367 e. The molecule has 18 heavy (non-hydrogen) atoms. The minimum atomic E-state index is 0.468. The molecule has 0 aliphatic carbocycles. The molecule has 96 valence electrons. The average Bonchev–Trinajstić information content (AvgIpc) is 2.89. The van der Waals surface area contributed by atoms with Crippen molar-refractivity contribution in [3.05, 3.63) is 23.7 Å². The normalized spacial score (nSPS) is 21.9. The molecule has 2 atom stereocenters. The summed E-state index contributed by atoms with van der Waals surface area (Å²) >= 11 is 1.77. The second kappa shape index (κ2) is 5.24. The molecule has 3 heterocycles. The van der Waals surface area contributed by atoms with Crippen LogP contribution in [-0.2, 0) is 0 Å². The van der Waals surface area contributed by atoms with Crippen LogP contribution in [0.3, 0.4) is 0 Å². The molecule has 2 aromatic rings. The summed E-state index contributed by atoms with van der Waals surface area (Å²) in [5, 5.41) is 10.4. The standard InChI is InChI=1S/C14H19N3S/c1-10(11-3-2-6-15-9-11)17-14-12-5-8-18-13(12)4-7-16-14/h4-5,7-8,10-11,15H,2-3,6,9H2,1H3,(H,16,17). The molecule has 2 unspecified atom stereocenters. The molecule has 2 N–H and O–H groups in total. The zero-order valence-corrected chi connectivity index (χ0v) is 11.5. The van der Waals surface area contributed by atoms with Gasteiger partial charge >= 0.3 is 0 Å². The van der Waals surface area contributed by atoms with E-state index in [1.165, 1.54) is 29.5 Å². The van der Waals surface area contributed by atoms with Crippen LogP contribution >= 0.6 is 11.3 Å². The lowest BCUT2D eigenvalue weighted by molar-refractivity contribution is 0.347. The maximum atomic E-state index is 4.49. The molecule has 0 saturated carbocycles. The van der Waals surface area contributed by atoms with Gasteiger partial charge in [0, 0.05) is 22.3 Å². The fraction of sp³-hybridized carbons (Fsp3) is 0.500. The van der Waals surface area contributed by atoms with E-state index in [4.69, 9.17) is 0 Å². The van der Waals surface area contributed by atoms with Crippen LogP contribution in [0.1, 0.15) is 19.8 Å². The maximum Gasteiger partial charge on any atom is 0.134 e. The highest BCUT2D eigenvalue weighted by atomic mass is 32.1. The van der Waals surface area contributed by atoms with Gasteiger partial charge in [0.05, 0.1) is 0 Å². The Hall–Kier alpha value is -1.13. The highest BCUT2D eigenvalue weighted by Crippen LogP contribution is 2.27. The number of hydrogen-bond donors (Lipinski definition) is 2. The lowest BCUT2D eigenvalue weighted by Gasteiger charge is -2.29. The number of rotatable bonds is 3. The highest BCUT2D eigenvalue weighted by Gasteiger charge is 2.20. The Bertz CT molecular complexity index is 516. The quantitative estimate of drug-likeness (QED) is 0.891. The van der Waals surface area contributed by atoms with Crippen LogP contribution in [0.2, 0.25) is 0 Å². The smallest absolute Gasteiger partial charge is 0.134 e. The zero-order valence-electron chi connectivity index (χ0n) is 10.6. The fourth-order valence-electron chi connectivity index (χ4n) is 2.65. The van der Waals surface area contributed by atoms with Gasteiger partial charge in [0.15, 0.2) is 0 Å². The van der Waals surface area contributed by atoms with Crippen LogP contribution in [0.4, 0.5) is 5.82 Å². The van der Waals surface area contributed by atoms with Crippen LogP contribution in [0.25, 0.3) is 10.1 Å². The average molecular weight is 261 g/mol. The number of nitrogens with one attached hydrogen (secondary N) is 2. The SMILES string of the molecule is CC(Nc1nccc2sccc12)C1CCCNC1. The summed E-state index contributed by atoms with van der Waals surface area (Å²) in [6, 6.07) is 4.70. The van der Waals surface area contributed by atoms with Gasteiger partial charge in [-0.1, -0.05) is 0 Å². The number of aromatic nitrogens is 1. The summed E-state index contributed by atoms with van der Waals surface area (Å²) in [7, 11) is 0. The van der Waals surface area contributed by atoms with E-state index in [0.29, 0.717) is 12.0 Å². The van der Waals surface area contributed by atoms with Crippen molar-refractivity contribution in [1.82, 2.24) is 10.3 Å². The van der Waals surface area contributed by atoms with E-state index < -0.39 is 0 Å². The van der Waals surface area contributed by atoms with Crippen molar-refractivity contribution >= 4 is 27.2 Å². The number of fused-ring (bicyclic) bond motifs is 1. The third-order valence-electron chi connectivity index (χ3n) is 3.79. The van der Waals surface area contributed by atoms with Crippen molar-refractivity contribution < 1.29 is 0 Å². The van der Waals surface area contributed by atoms with Crippen LogP contribution < -0.4 is 10.6 Å². The van der Waals surface area contributed by atoms with E-state index in [-0.39, 0.29) is 0 Å². The molecule has 0 radical (unpaired) electrons. The fourth-order valence-corrected chi connectivity index (χ4v) is 3.43. The highest BCUT2D eigenvalue weighted by molar-refractivity contribution is 7.17. The molecular weight excluding hydrogens is 242 g/mol. The van der Waals surface area contributed by atoms with E-state index in [2.05, 4.69) is 40.1 Å². The molecule has 2 aromatic heterocycles. The van der Waals surface area contributed by atoms with Crippen molar-refractivity contribution in [3.8, 4) is 0 Å². The van der Waals surface area contributed by atoms with E-state index >= 15 is 0 Å². The Kier molecular flexibility index (Phi) is 3.48. The van der Waals surface area contributed by atoms with Gasteiger partial charge in [-0.05, 0) is 56.3 Å². The molecule has 1 saturated heterocycles. The Morgan fingerprint density at radius 3 is 3.28 bits per heavy atom. The van der Waals surface area contributed by atoms with Gasteiger partial charge in [-0.3, -0.25) is 0 Å². The molecule has 1 aliphatic rings. The van der Waals surface area contributed by atoms with E-state index in [1.54, 1.807) is 11.3 Å². The van der Waals surface area contributed by atoms with Gasteiger partial charge in [0.1, 0.15) is 5.82 Å². The first-order valence-electron chi connectivity index (χ1n) is 6.64. The summed E-state index contributed by atoms with van der Waals surface area (Å²) in [6.07, 6.45) is 4.49. The Balaban J connectivity index is 1.77. The summed E-state index contributed by atoms with van der Waals surface area (Å²) in [6.45, 7) is 4.56. The number of pyridine rings is 1. The van der Waals surface area contributed by atoms with Crippen LogP contribution in [-0.4, -0.2) is 24.1 Å². The summed E-state index contributed by atoms with van der Waals surface area (Å²) < 4.78 is 1.31. The van der Waals surface area contributed by atoms with Crippen molar-refractivity contribution in [2.75, 3.05) is 18.4 Å². The predicted octanol–water partition coefficient (Wildman–Crippen LogP) is 3.10. The second-order valence-electron chi connectivity index (χ2n) is 5.03. The molecule has 1 fully saturated rings. The number of piperidine rings is 1. The van der Waals surface area contributed by atoms with E-state index in [0.717, 1.165) is 12.4 Å². The van der Waals surface area contributed by atoms with Gasteiger partial charge < -0.3 is 10.6 Å². The van der Waals surface area contributed by atoms with Gasteiger partial charge in [-0.15, -0.1) is 11.3 Å². The molecule has 0 amide bonds. The van der Waals surface area contributed by atoms with Crippen molar-refractivity contribution in [2.45, 2.75) is 25.8 Å². The molecule has 0 bridgehead atoms. The van der Waals surface area contributed by atoms with Gasteiger partial charge in [-0.25, -0.2) is 4.98 Å². The predicted molar refractivity (Wildman–Crippen MR) is 78.3 cm³/mol. The molecule has 0 spiro atoms. The first-order valence-corrected chi connectivity index (χ1v) is 7.52. The van der Waals surface area contributed by atoms with E-state index in [1.807, 2.05) is 6.20 Å². The third kappa shape index (κ3) is 2.35. The van der Waals surface area contributed by atoms with Crippen LogP contribution in [0, 0.1) is 5.92 Å². The van der Waals surface area contributed by atoms with Crippen molar-refractivity contribution in [2.24, 2.45) is 5.92 Å². The topological polar surface area (TPSA) is 37.0 Å². The maximum absolute atomic E-state index is 4.49. The monoisotopic (exact) mass is 261 g/mol. The van der Waals surface area contributed by atoms with Gasteiger partial charge in [-0.2, -0.15) is 0 Å². The summed E-state index contributed by atoms with van der Waals surface area (Å²) in [4.78, 5) is 4.49. The second-order valence-corrected chi connectivity index (χ2v) is 5.98. The number of thiophene rings is 1. The molecule has 3 rings (SSSR count). The molecular formula is C14H19N3S. The first kappa shape index (κ1) is 11.9. The van der Waals surface area contributed by atoms with Gasteiger partial charge in [0.2, 0.25) is 0 Å². The zero-order chi connectivity index (χ0) is 12.4. The van der Waals surface area contributed by atoms with Crippen molar-refractivity contribution in [1.29, 1.82) is 0 Å². The lowest BCUT2D eigenvalue weighted by Crippen LogP contribution is -2.38. The van der Waals surface area contributed by atoms with E-state index in [9.17, 15) is 0 Å². The summed E-state index contributed by atoms with van der Waals surface area (Å²) in [5.41, 5.74) is 0. The Labute approximate surface area is 112 Å². The summed E-state index contributed by atoms with van der Waals surface area (Å²) in [5.74, 6) is 1.74. The van der Waals surface area contributed by atoms with Gasteiger partial charge in [0.25, 0.3) is 0 Å². The first-order chi connectivity index (χ1) is 8.84. The van der Waals surface area contributed by atoms with Crippen molar-refractivity contribution in [3.63, 3.8) is 0 Å². The molecule has 1 aliphatic heterocycles. The minimum absolute atomic E-state index is 0.468. The molecule has 4 heteroatoms. The van der Waals surface area contributed by atoms with Crippen LogP contribution in [0.5, 0.6) is 0 Å². The molecule has 0 aromatic carbocycles. The van der Waals surface area contributed by atoms with Crippen LogP contribution in [0.15, 0.2) is 23.7 Å². The third-order valence-corrected chi connectivity index (χ3v) is 4.67. The Morgan fingerprint density at radius 2 is 2.44 bits per heavy atom. The minimum Gasteiger partial charge on any atom is -0.367 e. The number of anilines is 1.